The molecule has 3 aliphatic heterocycles. The van der Waals surface area contributed by atoms with Crippen LogP contribution < -0.4 is 0 Å². The molecule has 1 N–H and O–H groups in total. The molecule has 6 nitrogen and oxygen atoms in total. The average Bonchev–Trinajstić information content (AvgIpc) is 3.02. The fraction of sp³-hybridized carbons (Fsp3) is 0.800. The maximum Gasteiger partial charge on any atom is 0.333 e. The van der Waals surface area contributed by atoms with Crippen molar-refractivity contribution in [3.05, 3.63) is 11.6 Å². The highest BCUT2D eigenvalue weighted by Gasteiger charge is 2.71. The molecular formula is C20H26O6. The van der Waals surface area contributed by atoms with E-state index in [1.165, 1.54) is 6.08 Å². The molecule has 5 rings (SSSR count). The molecule has 0 aromatic heterocycles. The van der Waals surface area contributed by atoms with Crippen LogP contribution in [0.4, 0.5) is 0 Å². The molecule has 2 aliphatic carbocycles. The molecule has 0 amide bonds. The van der Waals surface area contributed by atoms with Gasteiger partial charge in [-0.2, -0.15) is 0 Å². The number of aliphatic hydroxyl groups is 1. The number of ether oxygens (including phenoxy) is 3. The van der Waals surface area contributed by atoms with Gasteiger partial charge in [-0.05, 0) is 37.0 Å². The molecule has 6 heteroatoms. The SMILES string of the molecule is CC1CC2OC(=O)C3CCC4OC(C5=CC(=O)OC5O)CC1(C)C4C23C. The first-order valence-corrected chi connectivity index (χ1v) is 9.71. The second-order valence-corrected chi connectivity index (χ2v) is 9.34. The minimum Gasteiger partial charge on any atom is -0.462 e. The van der Waals surface area contributed by atoms with Crippen molar-refractivity contribution in [3.8, 4) is 0 Å². The molecule has 0 aromatic carbocycles. The molecule has 9 unspecified atom stereocenters. The second kappa shape index (κ2) is 5.10. The summed E-state index contributed by atoms with van der Waals surface area (Å²) in [5.41, 5.74) is 0.300. The smallest absolute Gasteiger partial charge is 0.333 e. The van der Waals surface area contributed by atoms with E-state index in [1.807, 2.05) is 0 Å². The molecule has 0 bridgehead atoms. The first kappa shape index (κ1) is 16.8. The Bertz CT molecular complexity index is 715. The van der Waals surface area contributed by atoms with E-state index in [0.29, 0.717) is 11.5 Å². The predicted molar refractivity (Wildman–Crippen MR) is 89.5 cm³/mol. The summed E-state index contributed by atoms with van der Waals surface area (Å²) in [7, 11) is 0. The van der Waals surface area contributed by atoms with Gasteiger partial charge in [0.2, 0.25) is 6.29 Å². The van der Waals surface area contributed by atoms with Crippen LogP contribution in [-0.2, 0) is 23.8 Å². The van der Waals surface area contributed by atoms with Crippen molar-refractivity contribution in [2.75, 3.05) is 0 Å². The lowest BCUT2D eigenvalue weighted by atomic mass is 9.42. The standard InChI is InChI=1S/C20H26O6/c1-9-6-14-20(3)11(18(23)25-14)4-5-12-16(20)19(9,2)8-13(24-12)10-7-15(21)26-17(10)22/h7,9,11-14,16-17,22H,4-6,8H2,1-3H3. The normalized spacial score (nSPS) is 55.1. The van der Waals surface area contributed by atoms with Crippen molar-refractivity contribution in [2.24, 2.45) is 28.6 Å². The molecule has 2 saturated heterocycles. The zero-order valence-corrected chi connectivity index (χ0v) is 15.4. The summed E-state index contributed by atoms with van der Waals surface area (Å²) in [6.07, 6.45) is 3.00. The van der Waals surface area contributed by atoms with Gasteiger partial charge in [-0.3, -0.25) is 4.79 Å². The van der Waals surface area contributed by atoms with Crippen LogP contribution >= 0.6 is 0 Å². The van der Waals surface area contributed by atoms with Gasteiger partial charge in [-0.15, -0.1) is 0 Å². The van der Waals surface area contributed by atoms with Crippen molar-refractivity contribution in [2.45, 2.75) is 71.1 Å². The fourth-order valence-corrected chi connectivity index (χ4v) is 6.91. The van der Waals surface area contributed by atoms with Crippen molar-refractivity contribution >= 4 is 11.9 Å². The number of hydrogen-bond acceptors (Lipinski definition) is 6. The van der Waals surface area contributed by atoms with E-state index < -0.39 is 12.3 Å². The van der Waals surface area contributed by atoms with Crippen LogP contribution in [-0.4, -0.2) is 41.6 Å². The van der Waals surface area contributed by atoms with Crippen LogP contribution in [0.5, 0.6) is 0 Å². The minimum atomic E-state index is -1.21. The number of cyclic esters (lactones) is 1. The third-order valence-electron chi connectivity index (χ3n) is 8.31. The van der Waals surface area contributed by atoms with Gasteiger partial charge in [0.25, 0.3) is 0 Å². The first-order chi connectivity index (χ1) is 12.2. The predicted octanol–water partition coefficient (Wildman–Crippen LogP) is 1.95. The topological polar surface area (TPSA) is 82.1 Å². The Labute approximate surface area is 152 Å². The van der Waals surface area contributed by atoms with E-state index >= 15 is 0 Å². The highest BCUT2D eigenvalue weighted by molar-refractivity contribution is 5.85. The van der Waals surface area contributed by atoms with Gasteiger partial charge in [0, 0.05) is 23.0 Å². The van der Waals surface area contributed by atoms with Gasteiger partial charge in [0.1, 0.15) is 6.10 Å². The van der Waals surface area contributed by atoms with E-state index in [0.717, 1.165) is 25.7 Å². The van der Waals surface area contributed by atoms with Crippen LogP contribution in [0.2, 0.25) is 0 Å². The summed E-state index contributed by atoms with van der Waals surface area (Å²) >= 11 is 0. The number of hydrogen-bond donors (Lipinski definition) is 1. The summed E-state index contributed by atoms with van der Waals surface area (Å²) < 4.78 is 17.1. The number of carbonyl (C=O) groups excluding carboxylic acids is 2. The second-order valence-electron chi connectivity index (χ2n) is 9.34. The summed E-state index contributed by atoms with van der Waals surface area (Å²) in [6.45, 7) is 6.74. The Balaban J connectivity index is 1.56. The third-order valence-corrected chi connectivity index (χ3v) is 8.31. The van der Waals surface area contributed by atoms with Gasteiger partial charge in [-0.25, -0.2) is 4.79 Å². The van der Waals surface area contributed by atoms with Crippen LogP contribution in [0.3, 0.4) is 0 Å². The molecule has 0 radical (unpaired) electrons. The van der Waals surface area contributed by atoms with Crippen molar-refractivity contribution in [1.29, 1.82) is 0 Å². The van der Waals surface area contributed by atoms with E-state index in [4.69, 9.17) is 14.2 Å². The molecule has 0 aromatic rings. The lowest BCUT2D eigenvalue weighted by molar-refractivity contribution is -0.245. The van der Waals surface area contributed by atoms with Crippen molar-refractivity contribution in [3.63, 3.8) is 0 Å². The van der Waals surface area contributed by atoms with Gasteiger partial charge in [0.15, 0.2) is 0 Å². The molecule has 0 spiro atoms. The fourth-order valence-electron chi connectivity index (χ4n) is 6.91. The van der Waals surface area contributed by atoms with E-state index in [1.54, 1.807) is 0 Å². The molecule has 9 atom stereocenters. The Kier molecular flexibility index (Phi) is 3.29. The molecule has 3 heterocycles. The highest BCUT2D eigenvalue weighted by atomic mass is 16.6. The maximum atomic E-state index is 12.5. The maximum absolute atomic E-state index is 12.5. The zero-order chi connectivity index (χ0) is 18.4. The minimum absolute atomic E-state index is 0.00329. The van der Waals surface area contributed by atoms with Crippen LogP contribution in [0.25, 0.3) is 0 Å². The molecule has 2 saturated carbocycles. The Morgan fingerprint density at radius 2 is 1.96 bits per heavy atom. The number of carbonyl (C=O) groups is 2. The summed E-state index contributed by atoms with van der Waals surface area (Å²) in [4.78, 5) is 24.0. The van der Waals surface area contributed by atoms with Crippen LogP contribution in [0.1, 0.15) is 46.5 Å². The molecule has 26 heavy (non-hydrogen) atoms. The van der Waals surface area contributed by atoms with Gasteiger partial charge < -0.3 is 19.3 Å². The van der Waals surface area contributed by atoms with Crippen LogP contribution in [0, 0.1) is 28.6 Å². The summed E-state index contributed by atoms with van der Waals surface area (Å²) in [6, 6.07) is 0. The van der Waals surface area contributed by atoms with E-state index in [2.05, 4.69) is 20.8 Å². The number of esters is 2. The van der Waals surface area contributed by atoms with Crippen molar-refractivity contribution < 1.29 is 28.9 Å². The lowest BCUT2D eigenvalue weighted by Crippen LogP contribution is -2.65. The van der Waals surface area contributed by atoms with Crippen LogP contribution in [0.15, 0.2) is 11.6 Å². The van der Waals surface area contributed by atoms with Gasteiger partial charge in [-0.1, -0.05) is 20.8 Å². The Morgan fingerprint density at radius 1 is 1.19 bits per heavy atom. The van der Waals surface area contributed by atoms with Gasteiger partial charge in [0.05, 0.1) is 18.1 Å². The number of aliphatic hydroxyl groups excluding tert-OH is 1. The lowest BCUT2D eigenvalue weighted by Gasteiger charge is -2.64. The number of rotatable bonds is 1. The first-order valence-electron chi connectivity index (χ1n) is 9.71. The summed E-state index contributed by atoms with van der Waals surface area (Å²) in [5.74, 6) is 0.0100. The van der Waals surface area contributed by atoms with E-state index in [-0.39, 0.29) is 46.9 Å². The monoisotopic (exact) mass is 362 g/mol. The average molecular weight is 362 g/mol. The highest BCUT2D eigenvalue weighted by Crippen LogP contribution is 2.68. The molecular weight excluding hydrogens is 336 g/mol. The summed E-state index contributed by atoms with van der Waals surface area (Å²) in [5, 5.41) is 10.1. The molecule has 5 aliphatic rings. The molecule has 142 valence electrons. The Hall–Kier alpha value is -1.40. The largest absolute Gasteiger partial charge is 0.462 e. The quantitative estimate of drug-likeness (QED) is 0.718. The third kappa shape index (κ3) is 1.89. The Morgan fingerprint density at radius 3 is 2.65 bits per heavy atom. The molecule has 4 fully saturated rings. The van der Waals surface area contributed by atoms with Gasteiger partial charge >= 0.3 is 11.9 Å². The van der Waals surface area contributed by atoms with E-state index in [9.17, 15) is 14.7 Å². The van der Waals surface area contributed by atoms with Crippen molar-refractivity contribution in [1.82, 2.24) is 0 Å². The zero-order valence-electron chi connectivity index (χ0n) is 15.4.